The summed E-state index contributed by atoms with van der Waals surface area (Å²) in [5, 5.41) is 22.5. The number of tetrazole rings is 1. The Morgan fingerprint density at radius 2 is 2.36 bits per heavy atom. The second-order valence-corrected chi connectivity index (χ2v) is 3.16. The number of aliphatic hydroxyl groups excluding tert-OH is 1. The summed E-state index contributed by atoms with van der Waals surface area (Å²) in [5.74, 6) is 0.705. The summed E-state index contributed by atoms with van der Waals surface area (Å²) in [4.78, 5) is 0. The lowest BCUT2D eigenvalue weighted by molar-refractivity contribution is 0.209. The predicted octanol–water partition coefficient (Wildman–Crippen LogP) is -0.485. The van der Waals surface area contributed by atoms with Gasteiger partial charge in [0.15, 0.2) is 5.82 Å². The van der Waals surface area contributed by atoms with E-state index in [1.165, 1.54) is 0 Å². The van der Waals surface area contributed by atoms with Crippen molar-refractivity contribution in [1.82, 2.24) is 20.6 Å². The quantitative estimate of drug-likeness (QED) is 0.616. The van der Waals surface area contributed by atoms with Gasteiger partial charge in [0, 0.05) is 18.4 Å². The van der Waals surface area contributed by atoms with Crippen LogP contribution in [-0.2, 0) is 6.42 Å². The van der Waals surface area contributed by atoms with Gasteiger partial charge in [0.2, 0.25) is 0 Å². The molecule has 0 spiro atoms. The van der Waals surface area contributed by atoms with Gasteiger partial charge in [-0.05, 0) is 12.8 Å². The van der Waals surface area contributed by atoms with Gasteiger partial charge in [0.1, 0.15) is 0 Å². The number of aliphatic hydroxyl groups is 1. The smallest absolute Gasteiger partial charge is 0.175 e. The molecule has 0 bridgehead atoms. The Morgan fingerprint density at radius 3 is 2.82 bits per heavy atom. The molecule has 5 nitrogen and oxygen atoms in total. The topological polar surface area (TPSA) is 74.7 Å². The van der Waals surface area contributed by atoms with E-state index in [0.717, 1.165) is 19.3 Å². The number of nitrogens with zero attached hydrogens (tertiary/aromatic N) is 3. The van der Waals surface area contributed by atoms with E-state index in [4.69, 9.17) is 5.11 Å². The molecule has 1 fully saturated rings. The minimum absolute atomic E-state index is 0.0872. The van der Waals surface area contributed by atoms with Crippen LogP contribution in [0.2, 0.25) is 0 Å². The lowest BCUT2D eigenvalue weighted by atomic mass is 10.0. The number of nitrogens with one attached hydrogen (secondary N) is 1. The van der Waals surface area contributed by atoms with Gasteiger partial charge in [-0.3, -0.25) is 0 Å². The summed E-state index contributed by atoms with van der Waals surface area (Å²) < 4.78 is 0. The number of hydrogen-bond acceptors (Lipinski definition) is 4. The van der Waals surface area contributed by atoms with Crippen LogP contribution in [0.1, 0.15) is 18.7 Å². The molecule has 1 aliphatic rings. The summed E-state index contributed by atoms with van der Waals surface area (Å²) in [6.45, 7) is 0.238. The minimum atomic E-state index is 0.0872. The molecule has 5 heteroatoms. The van der Waals surface area contributed by atoms with E-state index >= 15 is 0 Å². The number of H-pyrrole nitrogens is 1. The highest BCUT2D eigenvalue weighted by Gasteiger charge is 2.42. The van der Waals surface area contributed by atoms with E-state index in [-0.39, 0.29) is 12.0 Å². The Kier molecular flexibility index (Phi) is 1.38. The lowest BCUT2D eigenvalue weighted by Gasteiger charge is -2.05. The van der Waals surface area contributed by atoms with Crippen LogP contribution in [0.3, 0.4) is 0 Å². The van der Waals surface area contributed by atoms with Crippen LogP contribution in [0.4, 0.5) is 0 Å². The molecule has 0 atom stereocenters. The fourth-order valence-corrected chi connectivity index (χ4v) is 1.16. The molecule has 0 aliphatic heterocycles. The third-order valence-electron chi connectivity index (χ3n) is 2.21. The van der Waals surface area contributed by atoms with Crippen molar-refractivity contribution in [1.29, 1.82) is 0 Å². The monoisotopic (exact) mass is 154 g/mol. The van der Waals surface area contributed by atoms with Crippen molar-refractivity contribution in [2.24, 2.45) is 5.41 Å². The second kappa shape index (κ2) is 2.27. The maximum absolute atomic E-state index is 8.97. The summed E-state index contributed by atoms with van der Waals surface area (Å²) in [6.07, 6.45) is 2.91. The summed E-state index contributed by atoms with van der Waals surface area (Å²) >= 11 is 0. The largest absolute Gasteiger partial charge is 0.396 e. The summed E-state index contributed by atoms with van der Waals surface area (Å²) in [6, 6.07) is 0. The van der Waals surface area contributed by atoms with Crippen LogP contribution in [0.15, 0.2) is 0 Å². The van der Waals surface area contributed by atoms with Gasteiger partial charge in [0.05, 0.1) is 0 Å². The molecule has 1 aromatic rings. The van der Waals surface area contributed by atoms with E-state index in [1.807, 2.05) is 0 Å². The molecule has 0 amide bonds. The molecule has 1 aliphatic carbocycles. The molecular weight excluding hydrogens is 144 g/mol. The average molecular weight is 154 g/mol. The third-order valence-corrected chi connectivity index (χ3v) is 2.21. The van der Waals surface area contributed by atoms with Crippen LogP contribution in [0.5, 0.6) is 0 Å². The predicted molar refractivity (Wildman–Crippen MR) is 36.6 cm³/mol. The second-order valence-electron chi connectivity index (χ2n) is 3.16. The third kappa shape index (κ3) is 1.23. The van der Waals surface area contributed by atoms with Gasteiger partial charge in [-0.25, -0.2) is 0 Å². The van der Waals surface area contributed by atoms with Gasteiger partial charge in [0.25, 0.3) is 0 Å². The van der Waals surface area contributed by atoms with Crippen molar-refractivity contribution >= 4 is 0 Å². The fourth-order valence-electron chi connectivity index (χ4n) is 1.16. The standard InChI is InChI=1S/C6H10N4O/c11-4-6(1-2-6)3-5-7-9-10-8-5/h11H,1-4H2,(H,7,8,9,10). The van der Waals surface area contributed by atoms with E-state index < -0.39 is 0 Å². The Balaban J connectivity index is 2.01. The Labute approximate surface area is 63.8 Å². The first-order chi connectivity index (χ1) is 5.35. The molecule has 0 radical (unpaired) electrons. The first kappa shape index (κ1) is 6.72. The highest BCUT2D eigenvalue weighted by Crippen LogP contribution is 2.47. The zero-order valence-electron chi connectivity index (χ0n) is 6.12. The van der Waals surface area contributed by atoms with E-state index in [0.29, 0.717) is 5.82 Å². The first-order valence-corrected chi connectivity index (χ1v) is 3.68. The van der Waals surface area contributed by atoms with Crippen LogP contribution in [-0.4, -0.2) is 32.3 Å². The van der Waals surface area contributed by atoms with E-state index in [2.05, 4.69) is 20.6 Å². The van der Waals surface area contributed by atoms with E-state index in [1.54, 1.807) is 0 Å². The molecule has 1 heterocycles. The maximum Gasteiger partial charge on any atom is 0.175 e. The minimum Gasteiger partial charge on any atom is -0.396 e. The first-order valence-electron chi connectivity index (χ1n) is 3.68. The van der Waals surface area contributed by atoms with Crippen molar-refractivity contribution < 1.29 is 5.11 Å². The van der Waals surface area contributed by atoms with Crippen LogP contribution in [0.25, 0.3) is 0 Å². The number of aromatic amines is 1. The molecule has 0 saturated heterocycles. The van der Waals surface area contributed by atoms with Crippen LogP contribution >= 0.6 is 0 Å². The van der Waals surface area contributed by atoms with E-state index in [9.17, 15) is 0 Å². The average Bonchev–Trinajstić information content (AvgIpc) is 2.59. The molecular formula is C6H10N4O. The van der Waals surface area contributed by atoms with Gasteiger partial charge in [-0.15, -0.1) is 10.2 Å². The Bertz CT molecular complexity index is 229. The maximum atomic E-state index is 8.97. The molecule has 0 aromatic carbocycles. The molecule has 2 rings (SSSR count). The number of hydrogen-bond donors (Lipinski definition) is 2. The molecule has 1 aromatic heterocycles. The van der Waals surface area contributed by atoms with Crippen molar-refractivity contribution in [2.75, 3.05) is 6.61 Å². The normalized spacial score (nSPS) is 20.1. The lowest BCUT2D eigenvalue weighted by Crippen LogP contribution is -2.11. The number of aromatic nitrogens is 4. The highest BCUT2D eigenvalue weighted by atomic mass is 16.3. The molecule has 60 valence electrons. The van der Waals surface area contributed by atoms with Gasteiger partial charge in [-0.2, -0.15) is 5.21 Å². The van der Waals surface area contributed by atoms with Gasteiger partial charge >= 0.3 is 0 Å². The van der Waals surface area contributed by atoms with Crippen molar-refractivity contribution in [3.8, 4) is 0 Å². The number of rotatable bonds is 3. The fraction of sp³-hybridized carbons (Fsp3) is 0.833. The molecule has 2 N–H and O–H groups in total. The highest BCUT2D eigenvalue weighted by molar-refractivity contribution is 4.99. The Hall–Kier alpha value is -0.970. The summed E-state index contributed by atoms with van der Waals surface area (Å²) in [7, 11) is 0. The summed E-state index contributed by atoms with van der Waals surface area (Å²) in [5.41, 5.74) is 0.0872. The van der Waals surface area contributed by atoms with Gasteiger partial charge < -0.3 is 5.11 Å². The van der Waals surface area contributed by atoms with Crippen LogP contribution < -0.4 is 0 Å². The van der Waals surface area contributed by atoms with Crippen LogP contribution in [0, 0.1) is 5.41 Å². The SMILES string of the molecule is OCC1(Cc2nn[nH]n2)CC1. The Morgan fingerprint density at radius 1 is 1.55 bits per heavy atom. The molecule has 1 saturated carbocycles. The zero-order valence-corrected chi connectivity index (χ0v) is 6.12. The molecule has 0 unspecified atom stereocenters. The zero-order chi connectivity index (χ0) is 7.73. The van der Waals surface area contributed by atoms with Crippen molar-refractivity contribution in [3.05, 3.63) is 5.82 Å². The van der Waals surface area contributed by atoms with Crippen molar-refractivity contribution in [2.45, 2.75) is 19.3 Å². The molecule has 11 heavy (non-hydrogen) atoms. The van der Waals surface area contributed by atoms with Gasteiger partial charge in [-0.1, -0.05) is 5.21 Å². The van der Waals surface area contributed by atoms with Crippen molar-refractivity contribution in [3.63, 3.8) is 0 Å².